The molecule has 0 aromatic heterocycles. The molecule has 0 aliphatic carbocycles. The first kappa shape index (κ1) is 22.1. The molecule has 0 heterocycles. The number of carbonyl (C=O) groups is 1. The second-order valence-electron chi connectivity index (χ2n) is 6.17. The Kier molecular flexibility index (Phi) is 14.1. The standard InChI is InChI=1S/C18H34O5/c1-2-3-4-6-9-12-15(19)18(23)16(20)13-10-7-5-8-11-14-17(21)22/h9,12,15-16,18-20,23H,2-8,10-11,13-14H2,1H3,(H,21,22)/b12-9-/t15-,16-,18-/m0/s1. The van der Waals surface area contributed by atoms with E-state index < -0.39 is 24.3 Å². The molecule has 23 heavy (non-hydrogen) atoms. The molecule has 0 unspecified atom stereocenters. The highest BCUT2D eigenvalue weighted by atomic mass is 16.4. The molecule has 0 saturated carbocycles. The van der Waals surface area contributed by atoms with Crippen LogP contribution in [0.5, 0.6) is 0 Å². The Morgan fingerprint density at radius 1 is 0.957 bits per heavy atom. The molecule has 0 aromatic carbocycles. The van der Waals surface area contributed by atoms with E-state index in [1.165, 1.54) is 0 Å². The Morgan fingerprint density at radius 3 is 2.26 bits per heavy atom. The number of rotatable bonds is 15. The van der Waals surface area contributed by atoms with Crippen molar-refractivity contribution in [2.24, 2.45) is 0 Å². The van der Waals surface area contributed by atoms with Gasteiger partial charge >= 0.3 is 5.97 Å². The van der Waals surface area contributed by atoms with Crippen LogP contribution in [0.1, 0.15) is 77.6 Å². The van der Waals surface area contributed by atoms with E-state index in [9.17, 15) is 20.1 Å². The Morgan fingerprint density at radius 2 is 1.61 bits per heavy atom. The molecular weight excluding hydrogens is 296 g/mol. The number of aliphatic carboxylic acids is 1. The quantitative estimate of drug-likeness (QED) is 0.273. The van der Waals surface area contributed by atoms with Crippen LogP contribution >= 0.6 is 0 Å². The SMILES string of the molecule is CCCCC/C=C\[C@H](O)[C@H](O)[C@@H](O)CCCCCCCC(=O)O. The van der Waals surface area contributed by atoms with E-state index in [0.29, 0.717) is 12.8 Å². The van der Waals surface area contributed by atoms with E-state index >= 15 is 0 Å². The number of unbranched alkanes of at least 4 members (excludes halogenated alkanes) is 7. The second kappa shape index (κ2) is 14.7. The molecular formula is C18H34O5. The van der Waals surface area contributed by atoms with Crippen molar-refractivity contribution < 1.29 is 25.2 Å². The molecule has 0 aliphatic heterocycles. The molecule has 5 heteroatoms. The van der Waals surface area contributed by atoms with Gasteiger partial charge in [-0.2, -0.15) is 0 Å². The van der Waals surface area contributed by atoms with Gasteiger partial charge in [0.1, 0.15) is 12.2 Å². The normalized spacial score (nSPS) is 15.7. The Labute approximate surface area is 140 Å². The Bertz CT molecular complexity index is 317. The molecule has 5 nitrogen and oxygen atoms in total. The third-order valence-electron chi connectivity index (χ3n) is 3.94. The minimum atomic E-state index is -1.15. The zero-order valence-electron chi connectivity index (χ0n) is 14.4. The fraction of sp³-hybridized carbons (Fsp3) is 0.833. The minimum absolute atomic E-state index is 0.206. The summed E-state index contributed by atoms with van der Waals surface area (Å²) in [4.78, 5) is 10.4. The molecule has 0 aromatic rings. The lowest BCUT2D eigenvalue weighted by atomic mass is 10.0. The first-order valence-corrected chi connectivity index (χ1v) is 8.91. The fourth-order valence-corrected chi connectivity index (χ4v) is 2.42. The van der Waals surface area contributed by atoms with Crippen LogP contribution < -0.4 is 0 Å². The summed E-state index contributed by atoms with van der Waals surface area (Å²) in [5.74, 6) is -0.764. The molecule has 0 saturated heterocycles. The summed E-state index contributed by atoms with van der Waals surface area (Å²) < 4.78 is 0. The van der Waals surface area contributed by atoms with Crippen molar-refractivity contribution in [3.63, 3.8) is 0 Å². The smallest absolute Gasteiger partial charge is 0.303 e. The van der Waals surface area contributed by atoms with Crippen LogP contribution in [0.25, 0.3) is 0 Å². The van der Waals surface area contributed by atoms with Crippen LogP contribution in [-0.4, -0.2) is 44.7 Å². The van der Waals surface area contributed by atoms with E-state index in [-0.39, 0.29) is 6.42 Å². The molecule has 0 bridgehead atoms. The molecule has 4 N–H and O–H groups in total. The largest absolute Gasteiger partial charge is 0.481 e. The summed E-state index contributed by atoms with van der Waals surface area (Å²) in [5.41, 5.74) is 0. The van der Waals surface area contributed by atoms with Gasteiger partial charge in [-0.05, 0) is 25.7 Å². The molecule has 0 aliphatic rings. The lowest BCUT2D eigenvalue weighted by Crippen LogP contribution is -2.36. The summed E-state index contributed by atoms with van der Waals surface area (Å²) in [6, 6.07) is 0. The lowest BCUT2D eigenvalue weighted by molar-refractivity contribution is -0.137. The average molecular weight is 330 g/mol. The number of carboxylic acid groups (broad SMARTS) is 1. The van der Waals surface area contributed by atoms with Crippen LogP contribution in [0.3, 0.4) is 0 Å². The topological polar surface area (TPSA) is 98.0 Å². The van der Waals surface area contributed by atoms with Gasteiger partial charge in [0.05, 0.1) is 6.10 Å². The van der Waals surface area contributed by atoms with E-state index in [4.69, 9.17) is 5.11 Å². The maximum Gasteiger partial charge on any atom is 0.303 e. The van der Waals surface area contributed by atoms with Gasteiger partial charge in [-0.1, -0.05) is 57.6 Å². The summed E-state index contributed by atoms with van der Waals surface area (Å²) >= 11 is 0. The number of hydrogen-bond donors (Lipinski definition) is 4. The molecule has 0 amide bonds. The van der Waals surface area contributed by atoms with E-state index in [0.717, 1.165) is 51.4 Å². The van der Waals surface area contributed by atoms with Crippen LogP contribution in [0.4, 0.5) is 0 Å². The zero-order chi connectivity index (χ0) is 17.5. The molecule has 0 fully saturated rings. The number of allylic oxidation sites excluding steroid dienone is 1. The van der Waals surface area contributed by atoms with Crippen molar-refractivity contribution in [2.75, 3.05) is 0 Å². The van der Waals surface area contributed by atoms with E-state index in [1.807, 2.05) is 6.08 Å². The average Bonchev–Trinajstić information content (AvgIpc) is 2.52. The highest BCUT2D eigenvalue weighted by Crippen LogP contribution is 2.13. The summed E-state index contributed by atoms with van der Waals surface area (Å²) in [6.45, 7) is 2.13. The van der Waals surface area contributed by atoms with Crippen molar-refractivity contribution >= 4 is 5.97 Å². The first-order valence-electron chi connectivity index (χ1n) is 8.91. The summed E-state index contributed by atoms with van der Waals surface area (Å²) in [7, 11) is 0. The van der Waals surface area contributed by atoms with Crippen molar-refractivity contribution in [3.05, 3.63) is 12.2 Å². The van der Waals surface area contributed by atoms with Crippen molar-refractivity contribution in [3.8, 4) is 0 Å². The lowest BCUT2D eigenvalue weighted by Gasteiger charge is -2.20. The number of aliphatic hydroxyl groups excluding tert-OH is 3. The van der Waals surface area contributed by atoms with Crippen molar-refractivity contribution in [1.29, 1.82) is 0 Å². The van der Waals surface area contributed by atoms with Crippen LogP contribution in [0, 0.1) is 0 Å². The van der Waals surface area contributed by atoms with E-state index in [1.54, 1.807) is 6.08 Å². The maximum atomic E-state index is 10.4. The van der Waals surface area contributed by atoms with Gasteiger partial charge in [-0.25, -0.2) is 0 Å². The zero-order valence-corrected chi connectivity index (χ0v) is 14.4. The van der Waals surface area contributed by atoms with E-state index in [2.05, 4.69) is 6.92 Å². The van der Waals surface area contributed by atoms with Gasteiger partial charge in [-0.3, -0.25) is 4.79 Å². The van der Waals surface area contributed by atoms with Gasteiger partial charge in [0.2, 0.25) is 0 Å². The molecule has 0 rings (SSSR count). The Balaban J connectivity index is 3.71. The summed E-state index contributed by atoms with van der Waals surface area (Å²) in [6.07, 6.45) is 9.36. The molecule has 3 atom stereocenters. The van der Waals surface area contributed by atoms with Gasteiger partial charge < -0.3 is 20.4 Å². The number of hydrogen-bond acceptors (Lipinski definition) is 4. The highest BCUT2D eigenvalue weighted by Gasteiger charge is 2.21. The van der Waals surface area contributed by atoms with Gasteiger partial charge in [-0.15, -0.1) is 0 Å². The van der Waals surface area contributed by atoms with Gasteiger partial charge in [0.25, 0.3) is 0 Å². The number of carboxylic acids is 1. The molecule has 0 radical (unpaired) electrons. The maximum absolute atomic E-state index is 10.4. The monoisotopic (exact) mass is 330 g/mol. The second-order valence-corrected chi connectivity index (χ2v) is 6.17. The van der Waals surface area contributed by atoms with Crippen LogP contribution in [-0.2, 0) is 4.79 Å². The van der Waals surface area contributed by atoms with Crippen molar-refractivity contribution in [1.82, 2.24) is 0 Å². The summed E-state index contributed by atoms with van der Waals surface area (Å²) in [5, 5.41) is 38.1. The third-order valence-corrected chi connectivity index (χ3v) is 3.94. The van der Waals surface area contributed by atoms with Gasteiger partial charge in [0.15, 0.2) is 0 Å². The van der Waals surface area contributed by atoms with Crippen LogP contribution in [0.2, 0.25) is 0 Å². The number of aliphatic hydroxyl groups is 3. The predicted molar refractivity (Wildman–Crippen MR) is 91.3 cm³/mol. The Hall–Kier alpha value is -0.910. The van der Waals surface area contributed by atoms with Crippen LogP contribution in [0.15, 0.2) is 12.2 Å². The third kappa shape index (κ3) is 13.2. The minimum Gasteiger partial charge on any atom is -0.481 e. The molecule has 136 valence electrons. The predicted octanol–water partition coefficient (Wildman–Crippen LogP) is 3.02. The molecule has 0 spiro atoms. The fourth-order valence-electron chi connectivity index (χ4n) is 2.42. The van der Waals surface area contributed by atoms with Crippen molar-refractivity contribution in [2.45, 2.75) is 95.9 Å². The highest BCUT2D eigenvalue weighted by molar-refractivity contribution is 5.66. The van der Waals surface area contributed by atoms with Gasteiger partial charge in [0, 0.05) is 6.42 Å². The first-order chi connectivity index (χ1) is 11.0.